The molecule has 0 aliphatic carbocycles. The van der Waals surface area contributed by atoms with Gasteiger partial charge >= 0.3 is 5.97 Å². The predicted octanol–water partition coefficient (Wildman–Crippen LogP) is -5.21. The van der Waals surface area contributed by atoms with Crippen molar-refractivity contribution in [3.63, 3.8) is 0 Å². The van der Waals surface area contributed by atoms with Crippen molar-refractivity contribution in [2.45, 2.75) is 82.2 Å². The molecule has 0 rings (SSSR count). The van der Waals surface area contributed by atoms with Crippen molar-refractivity contribution in [3.05, 3.63) is 0 Å². The topological polar surface area (TPSA) is 318 Å². The van der Waals surface area contributed by atoms with Crippen LogP contribution in [0.5, 0.6) is 0 Å². The maximum absolute atomic E-state index is 13.0. The molecule has 0 saturated carbocycles. The van der Waals surface area contributed by atoms with E-state index >= 15 is 0 Å². The molecule has 14 N–H and O–H groups in total. The fourth-order valence-corrected chi connectivity index (χ4v) is 3.90. The van der Waals surface area contributed by atoms with Crippen LogP contribution in [-0.2, 0) is 33.6 Å². The first-order valence-electron chi connectivity index (χ1n) is 13.9. The number of nitrogens with two attached hydrogens (primary N) is 3. The molecule has 0 fully saturated rings. The van der Waals surface area contributed by atoms with E-state index in [1.165, 1.54) is 0 Å². The number of aliphatic hydroxyl groups is 2. The molecule has 18 nitrogen and oxygen atoms in total. The summed E-state index contributed by atoms with van der Waals surface area (Å²) in [6.45, 7) is 1.68. The van der Waals surface area contributed by atoms with E-state index in [2.05, 4.69) is 39.2 Å². The number of thiol groups is 1. The van der Waals surface area contributed by atoms with Gasteiger partial charge in [0.2, 0.25) is 35.4 Å². The highest BCUT2D eigenvalue weighted by Gasteiger charge is 2.33. The van der Waals surface area contributed by atoms with Crippen molar-refractivity contribution in [1.29, 1.82) is 0 Å². The van der Waals surface area contributed by atoms with Gasteiger partial charge in [-0.05, 0) is 31.7 Å². The predicted molar refractivity (Wildman–Crippen MR) is 159 cm³/mol. The van der Waals surface area contributed by atoms with Crippen LogP contribution in [0, 0.1) is 5.92 Å². The van der Waals surface area contributed by atoms with E-state index in [0.29, 0.717) is 25.8 Å². The Morgan fingerprint density at radius 1 is 0.705 bits per heavy atom. The summed E-state index contributed by atoms with van der Waals surface area (Å²) in [6.07, 6.45) is 0.919. The number of aliphatic hydroxyl groups excluding tert-OH is 2. The summed E-state index contributed by atoms with van der Waals surface area (Å²) in [7, 11) is 0. The number of carboxylic acid groups (broad SMARTS) is 1. The lowest BCUT2D eigenvalue weighted by atomic mass is 10.0. The summed E-state index contributed by atoms with van der Waals surface area (Å²) in [4.78, 5) is 86.0. The molecule has 0 spiro atoms. The summed E-state index contributed by atoms with van der Waals surface area (Å²) in [5, 5.41) is 40.1. The zero-order chi connectivity index (χ0) is 34.0. The van der Waals surface area contributed by atoms with Gasteiger partial charge in [-0.3, -0.25) is 28.8 Å². The summed E-state index contributed by atoms with van der Waals surface area (Å²) in [6, 6.07) is -8.19. The van der Waals surface area contributed by atoms with Gasteiger partial charge in [0.05, 0.1) is 19.3 Å². The molecule has 0 aromatic carbocycles. The highest BCUT2D eigenvalue weighted by molar-refractivity contribution is 7.80. The van der Waals surface area contributed by atoms with E-state index in [9.17, 15) is 48.9 Å². The Morgan fingerprint density at radius 2 is 1.18 bits per heavy atom. The van der Waals surface area contributed by atoms with Crippen molar-refractivity contribution in [1.82, 2.24) is 26.6 Å². The fourth-order valence-electron chi connectivity index (χ4n) is 3.64. The Labute approximate surface area is 260 Å². The average molecular weight is 651 g/mol. The highest BCUT2D eigenvalue weighted by atomic mass is 32.1. The molecule has 252 valence electrons. The van der Waals surface area contributed by atoms with Gasteiger partial charge in [-0.2, -0.15) is 12.6 Å². The molecule has 6 amide bonds. The maximum Gasteiger partial charge on any atom is 0.326 e. The molecule has 0 aromatic rings. The molecule has 0 saturated heterocycles. The van der Waals surface area contributed by atoms with Crippen LogP contribution in [0.4, 0.5) is 0 Å². The molecule has 0 aliphatic heterocycles. The number of amides is 6. The third-order valence-corrected chi connectivity index (χ3v) is 6.66. The molecule has 0 bridgehead atoms. The number of hydrogen-bond acceptors (Lipinski definition) is 12. The quantitative estimate of drug-likeness (QED) is 0.0386. The third-order valence-electron chi connectivity index (χ3n) is 6.29. The molecule has 0 aliphatic rings. The Hall–Kier alpha value is -3.52. The van der Waals surface area contributed by atoms with E-state index in [4.69, 9.17) is 17.2 Å². The van der Waals surface area contributed by atoms with Crippen molar-refractivity contribution in [2.24, 2.45) is 23.1 Å². The van der Waals surface area contributed by atoms with Gasteiger partial charge < -0.3 is 59.1 Å². The van der Waals surface area contributed by atoms with E-state index < -0.39 is 96.8 Å². The van der Waals surface area contributed by atoms with Gasteiger partial charge in [0.25, 0.3) is 0 Å². The lowest BCUT2D eigenvalue weighted by Crippen LogP contribution is -2.61. The Bertz CT molecular complexity index is 1000. The van der Waals surface area contributed by atoms with Gasteiger partial charge in [-0.1, -0.05) is 20.3 Å². The normalized spacial score (nSPS) is 15.1. The smallest absolute Gasteiger partial charge is 0.326 e. The number of unbranched alkanes of at least 4 members (excludes halogenated alkanes) is 1. The number of rotatable bonds is 22. The van der Waals surface area contributed by atoms with Gasteiger partial charge in [-0.25, -0.2) is 4.79 Å². The lowest BCUT2D eigenvalue weighted by molar-refractivity contribution is -0.143. The van der Waals surface area contributed by atoms with Crippen LogP contribution in [0.1, 0.15) is 46.0 Å². The minimum atomic E-state index is -1.63. The minimum absolute atomic E-state index is 0.167. The Balaban J connectivity index is 5.41. The average Bonchev–Trinajstić information content (AvgIpc) is 2.96. The first kappa shape index (κ1) is 40.5. The molecular weight excluding hydrogens is 604 g/mol. The first-order valence-corrected chi connectivity index (χ1v) is 14.6. The monoisotopic (exact) mass is 650 g/mol. The Morgan fingerprint density at radius 3 is 1.64 bits per heavy atom. The number of primary amides is 1. The van der Waals surface area contributed by atoms with Crippen LogP contribution in [0.2, 0.25) is 0 Å². The fraction of sp³-hybridized carbons (Fsp3) is 0.720. The molecule has 44 heavy (non-hydrogen) atoms. The molecule has 19 heteroatoms. The van der Waals surface area contributed by atoms with Gasteiger partial charge in [0.1, 0.15) is 30.2 Å². The van der Waals surface area contributed by atoms with Crippen LogP contribution in [-0.4, -0.2) is 118 Å². The summed E-state index contributed by atoms with van der Waals surface area (Å²) in [5.41, 5.74) is 16.3. The van der Waals surface area contributed by atoms with E-state index in [1.807, 2.05) is 0 Å². The standard InChI is InChI=1S/C25H46N8O10S/c1-12(2)19(24(41)31-15(9-34)21(38)29-14(25(42)43)6-7-18(28)36)33-22(39)16(10-35)30-23(40)17(11-44)32-20(37)13(27)5-3-4-8-26/h12-17,19,34-35,44H,3-11,26-27H2,1-2H3,(H2,28,36)(H,29,38)(H,30,40)(H,31,41)(H,32,37)(H,33,39)(H,42,43)/t13-,14-,15-,16-,17-,19-/m0/s1. The van der Waals surface area contributed by atoms with Crippen LogP contribution in [0.15, 0.2) is 0 Å². The molecule has 0 aromatic heterocycles. The molecule has 0 unspecified atom stereocenters. The highest BCUT2D eigenvalue weighted by Crippen LogP contribution is 2.05. The minimum Gasteiger partial charge on any atom is -0.480 e. The van der Waals surface area contributed by atoms with Gasteiger partial charge in [-0.15, -0.1) is 0 Å². The summed E-state index contributed by atoms with van der Waals surface area (Å²) in [5.74, 6) is -7.54. The number of nitrogens with one attached hydrogen (secondary N) is 5. The van der Waals surface area contributed by atoms with Crippen molar-refractivity contribution >= 4 is 54.0 Å². The van der Waals surface area contributed by atoms with E-state index in [0.717, 1.165) is 0 Å². The van der Waals surface area contributed by atoms with Crippen LogP contribution < -0.4 is 43.8 Å². The Kier molecular flexibility index (Phi) is 19.5. The second-order valence-electron chi connectivity index (χ2n) is 10.3. The number of hydrogen-bond donors (Lipinski definition) is 12. The van der Waals surface area contributed by atoms with Gasteiger partial charge in [0, 0.05) is 12.2 Å². The van der Waals surface area contributed by atoms with Crippen molar-refractivity contribution in [2.75, 3.05) is 25.5 Å². The number of carbonyl (C=O) groups is 7. The number of aliphatic carboxylic acids is 1. The number of carboxylic acids is 1. The van der Waals surface area contributed by atoms with E-state index in [-0.39, 0.29) is 18.6 Å². The largest absolute Gasteiger partial charge is 0.480 e. The van der Waals surface area contributed by atoms with E-state index in [1.54, 1.807) is 13.8 Å². The van der Waals surface area contributed by atoms with Crippen LogP contribution in [0.25, 0.3) is 0 Å². The zero-order valence-electron chi connectivity index (χ0n) is 24.8. The molecule has 0 heterocycles. The van der Waals surface area contributed by atoms with Gasteiger partial charge in [0.15, 0.2) is 0 Å². The summed E-state index contributed by atoms with van der Waals surface area (Å²) < 4.78 is 0. The second kappa shape index (κ2) is 21.2. The maximum atomic E-state index is 13.0. The summed E-state index contributed by atoms with van der Waals surface area (Å²) >= 11 is 4.05. The zero-order valence-corrected chi connectivity index (χ0v) is 25.7. The number of carbonyl (C=O) groups excluding carboxylic acids is 6. The third kappa shape index (κ3) is 14.8. The molecule has 0 radical (unpaired) electrons. The molecule has 6 atom stereocenters. The van der Waals surface area contributed by atoms with Crippen molar-refractivity contribution < 1.29 is 48.9 Å². The lowest BCUT2D eigenvalue weighted by Gasteiger charge is -2.27. The van der Waals surface area contributed by atoms with Crippen molar-refractivity contribution in [3.8, 4) is 0 Å². The second-order valence-corrected chi connectivity index (χ2v) is 10.6. The van der Waals surface area contributed by atoms with Crippen LogP contribution in [0.3, 0.4) is 0 Å². The SMILES string of the molecule is CC(C)[C@H](NC(=O)[C@H](CO)NC(=O)[C@H](CS)NC(=O)[C@@H](N)CCCCN)C(=O)N[C@@H](CO)C(=O)N[C@@H](CCC(N)=O)C(=O)O. The molecular formula is C25H46N8O10S. The van der Waals surface area contributed by atoms with Crippen LogP contribution >= 0.6 is 12.6 Å². The first-order chi connectivity index (χ1) is 20.6.